The summed E-state index contributed by atoms with van der Waals surface area (Å²) in [6.45, 7) is 0.226. The van der Waals surface area contributed by atoms with Gasteiger partial charge in [0.1, 0.15) is 5.82 Å². The molecule has 0 bridgehead atoms. The second-order valence-electron chi connectivity index (χ2n) is 3.70. The van der Waals surface area contributed by atoms with Gasteiger partial charge in [0.2, 0.25) is 10.0 Å². The Kier molecular flexibility index (Phi) is 4.67. The van der Waals surface area contributed by atoms with E-state index in [4.69, 9.17) is 0 Å². The summed E-state index contributed by atoms with van der Waals surface area (Å²) in [5.74, 6) is -0.609. The van der Waals surface area contributed by atoms with Crippen molar-refractivity contribution in [1.29, 1.82) is 0 Å². The maximum Gasteiger partial charge on any atom is 0.240 e. The molecule has 2 aromatic rings. The molecule has 4 nitrogen and oxygen atoms in total. The maximum absolute atomic E-state index is 13.3. The van der Waals surface area contributed by atoms with Crippen molar-refractivity contribution in [3.8, 4) is 0 Å². The van der Waals surface area contributed by atoms with E-state index in [9.17, 15) is 12.8 Å². The highest BCUT2D eigenvalue weighted by molar-refractivity contribution is 9.10. The lowest BCUT2D eigenvalue weighted by Crippen LogP contribution is -2.26. The fraction of sp³-hybridized carbons (Fsp3) is 0.182. The van der Waals surface area contributed by atoms with Gasteiger partial charge < -0.3 is 0 Å². The van der Waals surface area contributed by atoms with Gasteiger partial charge in [0.15, 0.2) is 0 Å². The molecular formula is C11H10BrFN2O2S2. The van der Waals surface area contributed by atoms with Crippen LogP contribution < -0.4 is 4.72 Å². The Labute approximate surface area is 122 Å². The van der Waals surface area contributed by atoms with Gasteiger partial charge in [-0.2, -0.15) is 0 Å². The zero-order valence-corrected chi connectivity index (χ0v) is 12.9. The average Bonchev–Trinajstić information content (AvgIpc) is 2.85. The number of rotatable bonds is 5. The molecule has 1 N–H and O–H groups in total. The second kappa shape index (κ2) is 6.08. The largest absolute Gasteiger partial charge is 0.250 e. The Morgan fingerprint density at radius 3 is 2.84 bits per heavy atom. The minimum absolute atomic E-state index is 0.0912. The number of sulfonamides is 1. The molecule has 0 saturated heterocycles. The van der Waals surface area contributed by atoms with Crippen molar-refractivity contribution < 1.29 is 12.8 Å². The number of benzene rings is 1. The molecule has 1 heterocycles. The van der Waals surface area contributed by atoms with Gasteiger partial charge in [-0.05, 0) is 34.1 Å². The van der Waals surface area contributed by atoms with E-state index >= 15 is 0 Å². The molecule has 102 valence electrons. The lowest BCUT2D eigenvalue weighted by Gasteiger charge is -2.06. The van der Waals surface area contributed by atoms with Crippen molar-refractivity contribution in [2.75, 3.05) is 6.54 Å². The first-order valence-electron chi connectivity index (χ1n) is 5.31. The van der Waals surface area contributed by atoms with Crippen molar-refractivity contribution in [2.24, 2.45) is 0 Å². The fourth-order valence-electron chi connectivity index (χ4n) is 1.40. The highest BCUT2D eigenvalue weighted by atomic mass is 79.9. The molecule has 0 spiro atoms. The van der Waals surface area contributed by atoms with Gasteiger partial charge >= 0.3 is 0 Å². The quantitative estimate of drug-likeness (QED) is 0.886. The van der Waals surface area contributed by atoms with E-state index in [0.29, 0.717) is 6.42 Å². The summed E-state index contributed by atoms with van der Waals surface area (Å²) in [5, 5.41) is 1.85. The molecule has 8 heteroatoms. The Morgan fingerprint density at radius 2 is 2.21 bits per heavy atom. The standard InChI is InChI=1S/C11H10BrFN2O2S2/c12-10-2-1-9(5-11(10)13)19(16,17)15-4-3-8-6-18-7-14-8/h1-2,5-7,15H,3-4H2. The number of aromatic nitrogens is 1. The molecule has 0 fully saturated rings. The van der Waals surface area contributed by atoms with Crippen molar-refractivity contribution in [3.63, 3.8) is 0 Å². The molecule has 1 aromatic carbocycles. The SMILES string of the molecule is O=S(=O)(NCCc1cscn1)c1ccc(Br)c(F)c1. The number of thiazole rings is 1. The van der Waals surface area contributed by atoms with Crippen LogP contribution in [0.25, 0.3) is 0 Å². The van der Waals surface area contributed by atoms with Crippen LogP contribution in [0, 0.1) is 5.82 Å². The first-order chi connectivity index (χ1) is 8.99. The van der Waals surface area contributed by atoms with E-state index in [1.165, 1.54) is 23.5 Å². The van der Waals surface area contributed by atoms with Gasteiger partial charge in [-0.1, -0.05) is 0 Å². The molecule has 0 aliphatic carbocycles. The third-order valence-corrected chi connectivity index (χ3v) is 5.10. The smallest absolute Gasteiger partial charge is 0.240 e. The summed E-state index contributed by atoms with van der Waals surface area (Å²) in [6, 6.07) is 3.69. The predicted octanol–water partition coefficient (Wildman–Crippen LogP) is 2.57. The Hall–Kier alpha value is -0.830. The van der Waals surface area contributed by atoms with Crippen molar-refractivity contribution in [2.45, 2.75) is 11.3 Å². The molecule has 0 aliphatic rings. The summed E-state index contributed by atoms with van der Waals surface area (Å²) in [4.78, 5) is 3.96. The summed E-state index contributed by atoms with van der Waals surface area (Å²) in [7, 11) is -3.69. The topological polar surface area (TPSA) is 59.1 Å². The Bertz CT molecular complexity index is 659. The highest BCUT2D eigenvalue weighted by Crippen LogP contribution is 2.19. The van der Waals surface area contributed by atoms with Crippen molar-refractivity contribution in [1.82, 2.24) is 9.71 Å². The third-order valence-electron chi connectivity index (χ3n) is 2.36. The lowest BCUT2D eigenvalue weighted by atomic mass is 10.3. The van der Waals surface area contributed by atoms with Crippen LogP contribution in [-0.2, 0) is 16.4 Å². The van der Waals surface area contributed by atoms with Crippen LogP contribution in [0.15, 0.2) is 38.5 Å². The average molecular weight is 365 g/mol. The maximum atomic E-state index is 13.3. The normalized spacial score (nSPS) is 11.7. The van der Waals surface area contributed by atoms with E-state index in [0.717, 1.165) is 11.8 Å². The van der Waals surface area contributed by atoms with E-state index in [1.54, 1.807) is 5.51 Å². The molecule has 2 rings (SSSR count). The van der Waals surface area contributed by atoms with Crippen LogP contribution >= 0.6 is 27.3 Å². The van der Waals surface area contributed by atoms with Gasteiger partial charge in [-0.3, -0.25) is 0 Å². The molecule has 19 heavy (non-hydrogen) atoms. The van der Waals surface area contributed by atoms with E-state index in [2.05, 4.69) is 25.6 Å². The number of nitrogens with zero attached hydrogens (tertiary/aromatic N) is 1. The minimum Gasteiger partial charge on any atom is -0.250 e. The van der Waals surface area contributed by atoms with E-state index in [1.807, 2.05) is 5.38 Å². The summed E-state index contributed by atoms with van der Waals surface area (Å²) in [6.07, 6.45) is 0.502. The van der Waals surface area contributed by atoms with Crippen LogP contribution in [0.3, 0.4) is 0 Å². The van der Waals surface area contributed by atoms with Crippen LogP contribution in [0.4, 0.5) is 4.39 Å². The van der Waals surface area contributed by atoms with Gasteiger partial charge in [0.05, 0.1) is 20.6 Å². The van der Waals surface area contributed by atoms with Crippen LogP contribution in [0.2, 0.25) is 0 Å². The fourth-order valence-corrected chi connectivity index (χ4v) is 3.28. The van der Waals surface area contributed by atoms with Gasteiger partial charge in [0.25, 0.3) is 0 Å². The number of nitrogens with one attached hydrogen (secondary N) is 1. The van der Waals surface area contributed by atoms with E-state index in [-0.39, 0.29) is 15.9 Å². The predicted molar refractivity (Wildman–Crippen MR) is 75.1 cm³/mol. The van der Waals surface area contributed by atoms with Crippen LogP contribution in [-0.4, -0.2) is 19.9 Å². The second-order valence-corrected chi connectivity index (χ2v) is 7.04. The molecule has 0 amide bonds. The number of hydrogen-bond donors (Lipinski definition) is 1. The zero-order chi connectivity index (χ0) is 13.9. The molecule has 1 aromatic heterocycles. The van der Waals surface area contributed by atoms with Crippen molar-refractivity contribution in [3.05, 3.63) is 45.1 Å². The van der Waals surface area contributed by atoms with Crippen LogP contribution in [0.5, 0.6) is 0 Å². The molecule has 0 saturated carbocycles. The van der Waals surface area contributed by atoms with Gasteiger partial charge in [0, 0.05) is 18.3 Å². The summed E-state index contributed by atoms with van der Waals surface area (Å²) < 4.78 is 39.8. The van der Waals surface area contributed by atoms with Gasteiger partial charge in [-0.15, -0.1) is 11.3 Å². The van der Waals surface area contributed by atoms with E-state index < -0.39 is 15.8 Å². The summed E-state index contributed by atoms with van der Waals surface area (Å²) >= 11 is 4.43. The highest BCUT2D eigenvalue weighted by Gasteiger charge is 2.15. The molecule has 0 unspecified atom stereocenters. The summed E-state index contributed by atoms with van der Waals surface area (Å²) in [5.41, 5.74) is 2.52. The van der Waals surface area contributed by atoms with Crippen molar-refractivity contribution >= 4 is 37.3 Å². The zero-order valence-electron chi connectivity index (χ0n) is 9.64. The van der Waals surface area contributed by atoms with Gasteiger partial charge in [-0.25, -0.2) is 22.5 Å². The number of hydrogen-bond acceptors (Lipinski definition) is 4. The Balaban J connectivity index is 2.03. The molecule has 0 radical (unpaired) electrons. The minimum atomic E-state index is -3.69. The lowest BCUT2D eigenvalue weighted by molar-refractivity contribution is 0.576. The number of halogens is 2. The molecule has 0 aliphatic heterocycles. The van der Waals surface area contributed by atoms with Crippen LogP contribution in [0.1, 0.15) is 5.69 Å². The molecule has 0 atom stereocenters. The Morgan fingerprint density at radius 1 is 1.42 bits per heavy atom. The molecular weight excluding hydrogens is 355 g/mol. The monoisotopic (exact) mass is 364 g/mol. The third kappa shape index (κ3) is 3.82. The first kappa shape index (κ1) is 14.6. The first-order valence-corrected chi connectivity index (χ1v) is 8.53.